The summed E-state index contributed by atoms with van der Waals surface area (Å²) in [7, 11) is 4.38. The molecule has 0 saturated heterocycles. The number of carbonyl (C=O) groups is 1. The van der Waals surface area contributed by atoms with Gasteiger partial charge < -0.3 is 14.6 Å². The number of hydrogen-bond acceptors (Lipinski definition) is 4. The number of hydrogen-bond donors (Lipinski definition) is 2. The van der Waals surface area contributed by atoms with E-state index in [2.05, 4.69) is 24.4 Å². The largest absolute Gasteiger partial charge is 0.448 e. The highest BCUT2D eigenvalue weighted by Gasteiger charge is 2.38. The number of amides is 1. The summed E-state index contributed by atoms with van der Waals surface area (Å²) in [5, 5.41) is 3.91. The Bertz CT molecular complexity index is 905. The third-order valence-electron chi connectivity index (χ3n) is 5.79. The average molecular weight is 385 g/mol. The van der Waals surface area contributed by atoms with Gasteiger partial charge >= 0.3 is 0 Å². The van der Waals surface area contributed by atoms with Crippen molar-refractivity contribution in [3.8, 4) is 10.8 Å². The van der Waals surface area contributed by atoms with Gasteiger partial charge in [0, 0.05) is 12.8 Å². The molecule has 0 unspecified atom stereocenters. The second kappa shape index (κ2) is 7.44. The number of para-hydroxylation sites is 1. The number of quaternary nitrogens is 1. The molecule has 142 valence electrons. The predicted molar refractivity (Wildman–Crippen MR) is 108 cm³/mol. The Balaban J connectivity index is 1.47. The standard InChI is InChI=1S/C21H25N3O2S/c1-24(2)21(12-6-3-7-13-21)14-22-19(25)16-10-11-17(26-16)20-23-15-8-4-5-9-18(15)27-20/h4-5,8-11H,3,6-7,12-14H2,1-2H3,(H,22,25)/p+1. The second-order valence-electron chi connectivity index (χ2n) is 7.67. The molecule has 2 N–H and O–H groups in total. The van der Waals surface area contributed by atoms with Crippen molar-refractivity contribution in [2.45, 2.75) is 37.6 Å². The summed E-state index contributed by atoms with van der Waals surface area (Å²) in [6.07, 6.45) is 6.09. The molecule has 1 aromatic carbocycles. The fourth-order valence-corrected chi connectivity index (χ4v) is 4.90. The monoisotopic (exact) mass is 384 g/mol. The minimum absolute atomic E-state index is 0.135. The van der Waals surface area contributed by atoms with Gasteiger partial charge in [-0.25, -0.2) is 4.98 Å². The number of furan rings is 1. The average Bonchev–Trinajstić information content (AvgIpc) is 3.33. The Morgan fingerprint density at radius 1 is 1.19 bits per heavy atom. The van der Waals surface area contributed by atoms with E-state index in [0.717, 1.165) is 28.1 Å². The van der Waals surface area contributed by atoms with Crippen LogP contribution in [0.25, 0.3) is 21.0 Å². The van der Waals surface area contributed by atoms with E-state index in [-0.39, 0.29) is 11.4 Å². The maximum atomic E-state index is 12.6. The van der Waals surface area contributed by atoms with Gasteiger partial charge in [0.2, 0.25) is 0 Å². The van der Waals surface area contributed by atoms with E-state index in [9.17, 15) is 4.79 Å². The molecule has 4 rings (SSSR count). The van der Waals surface area contributed by atoms with Gasteiger partial charge in [0.25, 0.3) is 5.91 Å². The number of nitrogens with one attached hydrogen (secondary N) is 2. The smallest absolute Gasteiger partial charge is 0.287 e. The highest BCUT2D eigenvalue weighted by molar-refractivity contribution is 7.21. The van der Waals surface area contributed by atoms with Gasteiger partial charge in [0.1, 0.15) is 5.54 Å². The van der Waals surface area contributed by atoms with Crippen LogP contribution in [0, 0.1) is 0 Å². The number of nitrogens with zero attached hydrogens (tertiary/aromatic N) is 1. The molecular formula is C21H26N3O2S+. The molecular weight excluding hydrogens is 358 g/mol. The first-order valence-corrected chi connectivity index (χ1v) is 10.4. The lowest BCUT2D eigenvalue weighted by Gasteiger charge is -2.39. The quantitative estimate of drug-likeness (QED) is 0.711. The summed E-state index contributed by atoms with van der Waals surface area (Å²) in [5.74, 6) is 0.851. The number of aromatic nitrogens is 1. The van der Waals surface area contributed by atoms with Crippen molar-refractivity contribution in [3.63, 3.8) is 0 Å². The molecule has 0 radical (unpaired) electrons. The van der Waals surface area contributed by atoms with E-state index in [0.29, 0.717) is 18.1 Å². The van der Waals surface area contributed by atoms with Gasteiger partial charge in [-0.2, -0.15) is 0 Å². The summed E-state index contributed by atoms with van der Waals surface area (Å²) in [6, 6.07) is 11.6. The highest BCUT2D eigenvalue weighted by Crippen LogP contribution is 2.31. The lowest BCUT2D eigenvalue weighted by molar-refractivity contribution is -0.916. The molecule has 1 aliphatic rings. The number of carbonyl (C=O) groups excluding carboxylic acids is 1. The van der Waals surface area contributed by atoms with Gasteiger partial charge in [-0.05, 0) is 37.1 Å². The first-order chi connectivity index (χ1) is 13.1. The van der Waals surface area contributed by atoms with Crippen molar-refractivity contribution in [2.75, 3.05) is 20.6 Å². The highest BCUT2D eigenvalue weighted by atomic mass is 32.1. The molecule has 1 amide bonds. The van der Waals surface area contributed by atoms with E-state index >= 15 is 0 Å². The van der Waals surface area contributed by atoms with Crippen molar-refractivity contribution in [2.24, 2.45) is 0 Å². The minimum atomic E-state index is -0.145. The molecule has 2 aromatic heterocycles. The van der Waals surface area contributed by atoms with Crippen LogP contribution >= 0.6 is 11.3 Å². The summed E-state index contributed by atoms with van der Waals surface area (Å²) < 4.78 is 6.94. The van der Waals surface area contributed by atoms with Crippen LogP contribution in [0.15, 0.2) is 40.8 Å². The van der Waals surface area contributed by atoms with Crippen LogP contribution in [0.4, 0.5) is 0 Å². The zero-order chi connectivity index (χ0) is 18.9. The summed E-state index contributed by atoms with van der Waals surface area (Å²) in [6.45, 7) is 0.686. The molecule has 1 saturated carbocycles. The number of benzene rings is 1. The summed E-state index contributed by atoms with van der Waals surface area (Å²) >= 11 is 1.57. The molecule has 0 spiro atoms. The molecule has 27 heavy (non-hydrogen) atoms. The van der Waals surface area contributed by atoms with E-state index in [4.69, 9.17) is 4.42 Å². The zero-order valence-electron chi connectivity index (χ0n) is 15.9. The third kappa shape index (κ3) is 3.64. The van der Waals surface area contributed by atoms with Crippen molar-refractivity contribution < 1.29 is 14.1 Å². The predicted octanol–water partition coefficient (Wildman–Crippen LogP) is 3.13. The first-order valence-electron chi connectivity index (χ1n) is 9.62. The number of rotatable bonds is 5. The Hall–Kier alpha value is -2.18. The van der Waals surface area contributed by atoms with Gasteiger partial charge in [0.15, 0.2) is 16.5 Å². The number of thiazole rings is 1. The molecule has 1 aliphatic carbocycles. The lowest BCUT2D eigenvalue weighted by Crippen LogP contribution is -3.16. The van der Waals surface area contributed by atoms with E-state index in [1.54, 1.807) is 17.4 Å². The van der Waals surface area contributed by atoms with Crippen LogP contribution in [0.5, 0.6) is 0 Å². The summed E-state index contributed by atoms with van der Waals surface area (Å²) in [4.78, 5) is 18.7. The first kappa shape index (κ1) is 18.2. The van der Waals surface area contributed by atoms with Gasteiger partial charge in [-0.15, -0.1) is 11.3 Å². The molecule has 5 nitrogen and oxygen atoms in total. The SMILES string of the molecule is C[NH+](C)C1(CNC(=O)c2ccc(-c3nc4ccccc4s3)o2)CCCCC1. The molecule has 0 aliphatic heterocycles. The van der Waals surface area contributed by atoms with Crippen LogP contribution < -0.4 is 10.2 Å². The number of fused-ring (bicyclic) bond motifs is 1. The van der Waals surface area contributed by atoms with Crippen LogP contribution in [0.2, 0.25) is 0 Å². The van der Waals surface area contributed by atoms with Crippen molar-refractivity contribution in [1.82, 2.24) is 10.3 Å². The van der Waals surface area contributed by atoms with Crippen LogP contribution in [-0.2, 0) is 0 Å². The summed E-state index contributed by atoms with van der Waals surface area (Å²) in [5.41, 5.74) is 1.09. The third-order valence-corrected chi connectivity index (χ3v) is 6.84. The molecule has 3 aromatic rings. The second-order valence-corrected chi connectivity index (χ2v) is 8.70. The van der Waals surface area contributed by atoms with Gasteiger partial charge in [-0.3, -0.25) is 4.79 Å². The molecule has 1 fully saturated rings. The van der Waals surface area contributed by atoms with Crippen LogP contribution in [-0.4, -0.2) is 37.1 Å². The molecule has 6 heteroatoms. The van der Waals surface area contributed by atoms with Gasteiger partial charge in [-0.1, -0.05) is 18.6 Å². The van der Waals surface area contributed by atoms with Crippen molar-refractivity contribution in [3.05, 3.63) is 42.2 Å². The Labute approximate surface area is 163 Å². The van der Waals surface area contributed by atoms with E-state index in [1.807, 2.05) is 30.3 Å². The molecule has 0 bridgehead atoms. The molecule has 0 atom stereocenters. The normalized spacial score (nSPS) is 16.7. The lowest BCUT2D eigenvalue weighted by atomic mass is 9.80. The van der Waals surface area contributed by atoms with E-state index < -0.39 is 0 Å². The maximum absolute atomic E-state index is 12.6. The van der Waals surface area contributed by atoms with Crippen LogP contribution in [0.1, 0.15) is 42.7 Å². The van der Waals surface area contributed by atoms with Crippen molar-refractivity contribution >= 4 is 27.5 Å². The van der Waals surface area contributed by atoms with Gasteiger partial charge in [0.05, 0.1) is 30.9 Å². The molecule has 2 heterocycles. The zero-order valence-corrected chi connectivity index (χ0v) is 16.7. The van der Waals surface area contributed by atoms with E-state index in [1.165, 1.54) is 24.2 Å². The topological polar surface area (TPSA) is 59.6 Å². The Kier molecular flexibility index (Phi) is 5.02. The fourth-order valence-electron chi connectivity index (χ4n) is 3.97. The van der Waals surface area contributed by atoms with Crippen LogP contribution in [0.3, 0.4) is 0 Å². The Morgan fingerprint density at radius 2 is 1.96 bits per heavy atom. The minimum Gasteiger partial charge on any atom is -0.448 e. The Morgan fingerprint density at radius 3 is 2.70 bits per heavy atom. The van der Waals surface area contributed by atoms with Crippen molar-refractivity contribution in [1.29, 1.82) is 0 Å². The number of likely N-dealkylation sites (N-methyl/N-ethyl adjacent to an activating group) is 1. The fraction of sp³-hybridized carbons (Fsp3) is 0.429. The maximum Gasteiger partial charge on any atom is 0.287 e.